The Morgan fingerprint density at radius 3 is 1.55 bits per heavy atom. The number of carbonyl (C=O) groups is 1. The van der Waals surface area contributed by atoms with Crippen molar-refractivity contribution in [3.05, 3.63) is 60.7 Å². The molecule has 0 amide bonds. The second kappa shape index (κ2) is 9.75. The lowest BCUT2D eigenvalue weighted by Crippen LogP contribution is -1.93. The molecule has 2 aromatic carbocycles. The van der Waals surface area contributed by atoms with Gasteiger partial charge >= 0.3 is 7.75 Å². The fourth-order valence-corrected chi connectivity index (χ4v) is 1.59. The minimum Gasteiger partial charge on any atom is -0.508 e. The molecule has 0 aliphatic rings. The SMILES string of the molecule is C=O.O=P(O)(O)Nc1ccccc1.Oc1ccccc1. The van der Waals surface area contributed by atoms with E-state index >= 15 is 0 Å². The molecule has 0 saturated carbocycles. The predicted molar refractivity (Wildman–Crippen MR) is 77.3 cm³/mol. The molecule has 6 nitrogen and oxygen atoms in total. The molecule has 0 saturated heterocycles. The summed E-state index contributed by atoms with van der Waals surface area (Å²) in [5, 5.41) is 10.7. The maximum absolute atomic E-state index is 10.4. The summed E-state index contributed by atoms with van der Waals surface area (Å²) in [5.74, 6) is 0.322. The lowest BCUT2D eigenvalue weighted by Gasteiger charge is -2.05. The van der Waals surface area contributed by atoms with Crippen molar-refractivity contribution in [3.8, 4) is 5.75 Å². The number of hydrogen-bond acceptors (Lipinski definition) is 3. The number of rotatable bonds is 2. The number of hydrogen-bond donors (Lipinski definition) is 4. The number of aromatic hydroxyl groups is 1. The van der Waals surface area contributed by atoms with Crippen LogP contribution in [0.15, 0.2) is 60.7 Å². The highest BCUT2D eigenvalue weighted by Crippen LogP contribution is 2.34. The van der Waals surface area contributed by atoms with Crippen molar-refractivity contribution >= 4 is 20.2 Å². The Labute approximate surface area is 116 Å². The van der Waals surface area contributed by atoms with E-state index in [2.05, 4.69) is 0 Å². The number of phenols is 1. The third-order valence-electron chi connectivity index (χ3n) is 1.80. The highest BCUT2D eigenvalue weighted by atomic mass is 31.2. The van der Waals surface area contributed by atoms with Gasteiger partial charge in [-0.05, 0) is 24.3 Å². The van der Waals surface area contributed by atoms with Gasteiger partial charge in [-0.1, -0.05) is 36.4 Å². The van der Waals surface area contributed by atoms with Crippen LogP contribution in [0.2, 0.25) is 0 Å². The first-order valence-electron chi connectivity index (χ1n) is 5.39. The van der Waals surface area contributed by atoms with Crippen LogP contribution in [0.1, 0.15) is 0 Å². The molecule has 0 radical (unpaired) electrons. The van der Waals surface area contributed by atoms with Gasteiger partial charge in [-0.25, -0.2) is 4.57 Å². The number of benzene rings is 2. The highest BCUT2D eigenvalue weighted by molar-refractivity contribution is 7.53. The highest BCUT2D eigenvalue weighted by Gasteiger charge is 2.10. The fourth-order valence-electron chi connectivity index (χ4n) is 1.11. The molecule has 2 rings (SSSR count). The molecule has 0 spiro atoms. The summed E-state index contributed by atoms with van der Waals surface area (Å²) in [5.41, 5.74) is 0.417. The van der Waals surface area contributed by atoms with Gasteiger partial charge in [-0.2, -0.15) is 0 Å². The van der Waals surface area contributed by atoms with Gasteiger partial charge in [0.1, 0.15) is 12.5 Å². The topological polar surface area (TPSA) is 107 Å². The van der Waals surface area contributed by atoms with E-state index in [0.717, 1.165) is 0 Å². The van der Waals surface area contributed by atoms with Crippen molar-refractivity contribution in [1.82, 2.24) is 0 Å². The van der Waals surface area contributed by atoms with Gasteiger partial charge in [0.15, 0.2) is 0 Å². The minimum atomic E-state index is -4.14. The van der Waals surface area contributed by atoms with E-state index in [1.807, 2.05) is 17.9 Å². The number of para-hydroxylation sites is 2. The molecule has 0 heterocycles. The van der Waals surface area contributed by atoms with Crippen molar-refractivity contribution in [3.63, 3.8) is 0 Å². The van der Waals surface area contributed by atoms with Crippen LogP contribution in [0.3, 0.4) is 0 Å². The van der Waals surface area contributed by atoms with Gasteiger partial charge in [0.05, 0.1) is 0 Å². The van der Waals surface area contributed by atoms with Crippen LogP contribution in [-0.4, -0.2) is 21.7 Å². The quantitative estimate of drug-likeness (QED) is 0.634. The Hall–Kier alpha value is -2.14. The van der Waals surface area contributed by atoms with E-state index in [1.54, 1.807) is 54.6 Å². The Kier molecular flexibility index (Phi) is 8.70. The Bertz CT molecular complexity index is 515. The summed E-state index contributed by atoms with van der Waals surface area (Å²) in [4.78, 5) is 24.9. The molecule has 7 heteroatoms. The molecule has 0 bridgehead atoms. The summed E-state index contributed by atoms with van der Waals surface area (Å²) < 4.78 is 10.4. The van der Waals surface area contributed by atoms with Crippen molar-refractivity contribution in [2.45, 2.75) is 0 Å². The first-order chi connectivity index (χ1) is 9.47. The summed E-state index contributed by atoms with van der Waals surface area (Å²) in [6, 6.07) is 17.0. The molecule has 108 valence electrons. The maximum Gasteiger partial charge on any atom is 0.427 e. The fraction of sp³-hybridized carbons (Fsp3) is 0. The van der Waals surface area contributed by atoms with E-state index in [0.29, 0.717) is 11.4 Å². The lowest BCUT2D eigenvalue weighted by molar-refractivity contribution is -0.0980. The molecule has 0 aliphatic carbocycles. The van der Waals surface area contributed by atoms with Crippen molar-refractivity contribution in [2.24, 2.45) is 0 Å². The van der Waals surface area contributed by atoms with Crippen LogP contribution in [0.4, 0.5) is 5.69 Å². The molecule has 0 unspecified atom stereocenters. The molecule has 4 N–H and O–H groups in total. The number of carbonyl (C=O) groups excluding carboxylic acids is 1. The van der Waals surface area contributed by atoms with Crippen LogP contribution < -0.4 is 5.09 Å². The van der Waals surface area contributed by atoms with Crippen molar-refractivity contribution < 1.29 is 24.3 Å². The largest absolute Gasteiger partial charge is 0.508 e. The molecule has 0 aliphatic heterocycles. The summed E-state index contributed by atoms with van der Waals surface area (Å²) in [6.07, 6.45) is 0. The second-order valence-corrected chi connectivity index (χ2v) is 4.67. The van der Waals surface area contributed by atoms with Gasteiger partial charge in [-0.15, -0.1) is 0 Å². The third kappa shape index (κ3) is 9.85. The van der Waals surface area contributed by atoms with Gasteiger partial charge in [0.2, 0.25) is 0 Å². The minimum absolute atomic E-state index is 0.322. The molecule has 0 atom stereocenters. The third-order valence-corrected chi connectivity index (χ3v) is 2.35. The standard InChI is InChI=1S/C6H8NO3P.C6H6O.CH2O/c8-11(9,10)7-6-4-2-1-3-5-6;7-6-4-2-1-3-5-6;1-2/h1-5H,(H3,7,8,9,10);1-5,7H;1H2. The first-order valence-corrected chi connectivity index (χ1v) is 7.00. The second-order valence-electron chi connectivity index (χ2n) is 3.36. The number of anilines is 1. The first kappa shape index (κ1) is 17.9. The van der Waals surface area contributed by atoms with Crippen LogP contribution in [0.5, 0.6) is 5.75 Å². The molecule has 0 fully saturated rings. The molecular formula is C13H16NO5P. The zero-order valence-corrected chi connectivity index (χ0v) is 11.5. The zero-order valence-electron chi connectivity index (χ0n) is 10.6. The molecular weight excluding hydrogens is 281 g/mol. The predicted octanol–water partition coefficient (Wildman–Crippen LogP) is 2.40. The van der Waals surface area contributed by atoms with Gasteiger partial charge < -0.3 is 19.7 Å². The van der Waals surface area contributed by atoms with Crippen molar-refractivity contribution in [1.29, 1.82) is 0 Å². The van der Waals surface area contributed by atoms with Crippen molar-refractivity contribution in [2.75, 3.05) is 5.09 Å². The summed E-state index contributed by atoms with van der Waals surface area (Å²) >= 11 is 0. The van der Waals surface area contributed by atoms with E-state index in [1.165, 1.54) is 0 Å². The molecule has 0 aromatic heterocycles. The lowest BCUT2D eigenvalue weighted by atomic mass is 10.3. The number of nitrogens with one attached hydrogen (secondary N) is 1. The average molecular weight is 297 g/mol. The van der Waals surface area contributed by atoms with E-state index in [4.69, 9.17) is 19.7 Å². The summed E-state index contributed by atoms with van der Waals surface area (Å²) in [6.45, 7) is 2.00. The molecule has 20 heavy (non-hydrogen) atoms. The summed E-state index contributed by atoms with van der Waals surface area (Å²) in [7, 11) is -4.14. The van der Waals surface area contributed by atoms with Crippen LogP contribution in [0, 0.1) is 0 Å². The van der Waals surface area contributed by atoms with Gasteiger partial charge in [0, 0.05) is 5.69 Å². The van der Waals surface area contributed by atoms with Gasteiger partial charge in [0.25, 0.3) is 0 Å². The Morgan fingerprint density at radius 1 is 0.850 bits per heavy atom. The van der Waals surface area contributed by atoms with Crippen LogP contribution in [0.25, 0.3) is 0 Å². The average Bonchev–Trinajstić information content (AvgIpc) is 2.42. The Balaban J connectivity index is 0.000000345. The normalized spacial score (nSPS) is 9.30. The van der Waals surface area contributed by atoms with Gasteiger partial charge in [-0.3, -0.25) is 5.09 Å². The monoisotopic (exact) mass is 297 g/mol. The van der Waals surface area contributed by atoms with E-state index < -0.39 is 7.75 Å². The van der Waals surface area contributed by atoms with E-state index in [9.17, 15) is 4.57 Å². The maximum atomic E-state index is 10.4. The van der Waals surface area contributed by atoms with Crippen LogP contribution >= 0.6 is 7.75 Å². The Morgan fingerprint density at radius 2 is 1.25 bits per heavy atom. The number of phenolic OH excluding ortho intramolecular Hbond substituents is 1. The zero-order chi connectivity index (χ0) is 15.4. The van der Waals surface area contributed by atoms with Crippen LogP contribution in [-0.2, 0) is 9.36 Å². The molecule has 2 aromatic rings. The smallest absolute Gasteiger partial charge is 0.427 e. The van der Waals surface area contributed by atoms with E-state index in [-0.39, 0.29) is 0 Å².